The van der Waals surface area contributed by atoms with Gasteiger partial charge in [0.15, 0.2) is 0 Å². The van der Waals surface area contributed by atoms with E-state index in [1.54, 1.807) is 12.1 Å². The van der Waals surface area contributed by atoms with Crippen molar-refractivity contribution in [1.29, 1.82) is 0 Å². The first-order valence-corrected chi connectivity index (χ1v) is 5.70. The summed E-state index contributed by atoms with van der Waals surface area (Å²) in [4.78, 5) is 11.8. The Morgan fingerprint density at radius 2 is 1.50 bits per heavy atom. The maximum absolute atomic E-state index is 12.4. The summed E-state index contributed by atoms with van der Waals surface area (Å²) in [6.07, 6.45) is -4.39. The minimum atomic E-state index is -4.39. The highest BCUT2D eigenvalue weighted by Gasteiger charge is 2.29. The zero-order valence-corrected chi connectivity index (χ0v) is 10.2. The highest BCUT2D eigenvalue weighted by Crippen LogP contribution is 2.29. The molecule has 2 rings (SSSR count). The van der Waals surface area contributed by atoms with Gasteiger partial charge in [-0.1, -0.05) is 0 Å². The van der Waals surface area contributed by atoms with Crippen molar-refractivity contribution in [3.8, 4) is 0 Å². The van der Waals surface area contributed by atoms with Crippen LogP contribution in [0.3, 0.4) is 0 Å². The predicted molar refractivity (Wildman–Crippen MR) is 70.3 cm³/mol. The van der Waals surface area contributed by atoms with Crippen LogP contribution in [0.15, 0.2) is 48.5 Å². The molecule has 0 atom stereocenters. The van der Waals surface area contributed by atoms with E-state index in [4.69, 9.17) is 5.73 Å². The molecule has 0 spiro atoms. The zero-order valence-electron chi connectivity index (χ0n) is 10.2. The van der Waals surface area contributed by atoms with Crippen LogP contribution < -0.4 is 11.1 Å². The summed E-state index contributed by atoms with van der Waals surface area (Å²) in [5.74, 6) is -0.412. The van der Waals surface area contributed by atoms with E-state index in [-0.39, 0.29) is 0 Å². The molecule has 0 fully saturated rings. The lowest BCUT2D eigenvalue weighted by Crippen LogP contribution is -2.12. The van der Waals surface area contributed by atoms with Crippen molar-refractivity contribution in [2.24, 2.45) is 0 Å². The molecule has 104 valence electrons. The SMILES string of the molecule is Nc1ccc(C(=O)Nc2ccc(C(F)(F)F)cc2)cc1. The molecule has 0 saturated heterocycles. The lowest BCUT2D eigenvalue weighted by molar-refractivity contribution is -0.137. The van der Waals surface area contributed by atoms with Crippen LogP contribution in [-0.4, -0.2) is 5.91 Å². The van der Waals surface area contributed by atoms with Crippen LogP contribution in [0.1, 0.15) is 15.9 Å². The maximum Gasteiger partial charge on any atom is 0.416 e. The highest BCUT2D eigenvalue weighted by atomic mass is 19.4. The highest BCUT2D eigenvalue weighted by molar-refractivity contribution is 6.04. The third-order valence-electron chi connectivity index (χ3n) is 2.64. The van der Waals surface area contributed by atoms with E-state index < -0.39 is 17.6 Å². The van der Waals surface area contributed by atoms with E-state index in [0.29, 0.717) is 16.9 Å². The van der Waals surface area contributed by atoms with Crippen molar-refractivity contribution in [2.45, 2.75) is 6.18 Å². The van der Waals surface area contributed by atoms with Crippen LogP contribution >= 0.6 is 0 Å². The van der Waals surface area contributed by atoms with Crippen molar-refractivity contribution in [1.82, 2.24) is 0 Å². The zero-order chi connectivity index (χ0) is 14.8. The van der Waals surface area contributed by atoms with Gasteiger partial charge in [-0.2, -0.15) is 13.2 Å². The van der Waals surface area contributed by atoms with Gasteiger partial charge < -0.3 is 11.1 Å². The second-order valence-corrected chi connectivity index (χ2v) is 4.15. The number of hydrogen-bond donors (Lipinski definition) is 2. The summed E-state index contributed by atoms with van der Waals surface area (Å²) in [7, 11) is 0. The number of halogens is 3. The average molecular weight is 280 g/mol. The Balaban J connectivity index is 2.10. The summed E-state index contributed by atoms with van der Waals surface area (Å²) in [6.45, 7) is 0. The van der Waals surface area contributed by atoms with Crippen LogP contribution in [0.4, 0.5) is 24.5 Å². The molecular formula is C14H11F3N2O. The number of amides is 1. The molecule has 0 bridgehead atoms. The van der Waals surface area contributed by atoms with E-state index in [0.717, 1.165) is 12.1 Å². The number of nitrogen functional groups attached to an aromatic ring is 1. The van der Waals surface area contributed by atoms with Gasteiger partial charge in [-0.05, 0) is 48.5 Å². The minimum absolute atomic E-state index is 0.292. The second kappa shape index (κ2) is 5.24. The van der Waals surface area contributed by atoms with E-state index >= 15 is 0 Å². The fraction of sp³-hybridized carbons (Fsp3) is 0.0714. The Morgan fingerprint density at radius 3 is 2.00 bits per heavy atom. The van der Waals surface area contributed by atoms with Gasteiger partial charge in [0.05, 0.1) is 5.56 Å². The third-order valence-corrected chi connectivity index (χ3v) is 2.64. The first kappa shape index (κ1) is 13.9. The van der Waals surface area contributed by atoms with Gasteiger partial charge in [-0.25, -0.2) is 0 Å². The quantitative estimate of drug-likeness (QED) is 0.827. The monoisotopic (exact) mass is 280 g/mol. The summed E-state index contributed by atoms with van der Waals surface area (Å²) < 4.78 is 37.2. The molecule has 0 heterocycles. The molecule has 3 N–H and O–H groups in total. The fourth-order valence-electron chi connectivity index (χ4n) is 1.58. The number of carbonyl (C=O) groups is 1. The Hall–Kier alpha value is -2.50. The fourth-order valence-corrected chi connectivity index (χ4v) is 1.58. The van der Waals surface area contributed by atoms with Crippen LogP contribution in [0.5, 0.6) is 0 Å². The van der Waals surface area contributed by atoms with Crippen LogP contribution in [0.25, 0.3) is 0 Å². The second-order valence-electron chi connectivity index (χ2n) is 4.15. The molecule has 6 heteroatoms. The van der Waals surface area contributed by atoms with E-state index in [1.165, 1.54) is 24.3 Å². The van der Waals surface area contributed by atoms with Crippen LogP contribution in [-0.2, 0) is 6.18 Å². The number of nitrogens with one attached hydrogen (secondary N) is 1. The number of alkyl halides is 3. The molecule has 0 aliphatic carbocycles. The summed E-state index contributed by atoms with van der Waals surface area (Å²) in [6, 6.07) is 10.5. The molecule has 0 aliphatic heterocycles. The molecule has 0 aliphatic rings. The van der Waals surface area contributed by atoms with Gasteiger partial charge in [0.1, 0.15) is 0 Å². The van der Waals surface area contributed by atoms with Gasteiger partial charge in [0, 0.05) is 16.9 Å². The normalized spacial score (nSPS) is 11.2. The maximum atomic E-state index is 12.4. The van der Waals surface area contributed by atoms with Crippen molar-refractivity contribution in [2.75, 3.05) is 11.1 Å². The van der Waals surface area contributed by atoms with Gasteiger partial charge in [-0.15, -0.1) is 0 Å². The van der Waals surface area contributed by atoms with Gasteiger partial charge in [0.2, 0.25) is 0 Å². The average Bonchev–Trinajstić information content (AvgIpc) is 2.39. The predicted octanol–water partition coefficient (Wildman–Crippen LogP) is 3.54. The Kier molecular flexibility index (Phi) is 3.65. The molecule has 1 amide bonds. The van der Waals surface area contributed by atoms with Crippen molar-refractivity contribution >= 4 is 17.3 Å². The number of benzene rings is 2. The van der Waals surface area contributed by atoms with Crippen molar-refractivity contribution < 1.29 is 18.0 Å². The minimum Gasteiger partial charge on any atom is -0.399 e. The summed E-state index contributed by atoms with van der Waals surface area (Å²) in [5, 5.41) is 2.51. The Bertz CT molecular complexity index is 604. The molecule has 0 radical (unpaired) electrons. The van der Waals surface area contributed by atoms with Crippen molar-refractivity contribution in [3.63, 3.8) is 0 Å². The molecule has 2 aromatic rings. The number of anilines is 2. The van der Waals surface area contributed by atoms with E-state index in [1.807, 2.05) is 0 Å². The summed E-state index contributed by atoms with van der Waals surface area (Å²) >= 11 is 0. The third kappa shape index (κ3) is 3.28. The Labute approximate surface area is 113 Å². The Morgan fingerprint density at radius 1 is 0.950 bits per heavy atom. The van der Waals surface area contributed by atoms with Crippen LogP contribution in [0.2, 0.25) is 0 Å². The van der Waals surface area contributed by atoms with Crippen molar-refractivity contribution in [3.05, 3.63) is 59.7 Å². The lowest BCUT2D eigenvalue weighted by Gasteiger charge is -2.09. The molecular weight excluding hydrogens is 269 g/mol. The molecule has 0 unspecified atom stereocenters. The number of nitrogens with two attached hydrogens (primary N) is 1. The first-order valence-electron chi connectivity index (χ1n) is 5.70. The molecule has 2 aromatic carbocycles. The van der Waals surface area contributed by atoms with Crippen LogP contribution in [0, 0.1) is 0 Å². The standard InChI is InChI=1S/C14H11F3N2O/c15-14(16,17)10-3-7-12(8-4-10)19-13(20)9-1-5-11(18)6-2-9/h1-8H,18H2,(H,19,20). The molecule has 3 nitrogen and oxygen atoms in total. The topological polar surface area (TPSA) is 55.1 Å². The lowest BCUT2D eigenvalue weighted by atomic mass is 10.1. The molecule has 20 heavy (non-hydrogen) atoms. The summed E-state index contributed by atoms with van der Waals surface area (Å²) in [5.41, 5.74) is 5.93. The number of hydrogen-bond acceptors (Lipinski definition) is 2. The van der Waals surface area contributed by atoms with Gasteiger partial charge in [0.25, 0.3) is 5.91 Å². The number of carbonyl (C=O) groups excluding carboxylic acids is 1. The smallest absolute Gasteiger partial charge is 0.399 e. The van der Waals surface area contributed by atoms with E-state index in [2.05, 4.69) is 5.32 Å². The van der Waals surface area contributed by atoms with E-state index in [9.17, 15) is 18.0 Å². The first-order chi connectivity index (χ1) is 9.36. The van der Waals surface area contributed by atoms with Gasteiger partial charge in [-0.3, -0.25) is 4.79 Å². The largest absolute Gasteiger partial charge is 0.416 e. The number of rotatable bonds is 2. The molecule has 0 saturated carbocycles. The van der Waals surface area contributed by atoms with Gasteiger partial charge >= 0.3 is 6.18 Å². The molecule has 0 aromatic heterocycles.